The molecule has 0 spiro atoms. The molecule has 1 rings (SSSR count). The lowest BCUT2D eigenvalue weighted by Gasteiger charge is -2.25. The van der Waals surface area contributed by atoms with Gasteiger partial charge in [-0.15, -0.1) is 0 Å². The number of rotatable bonds is 2. The van der Waals surface area contributed by atoms with Gasteiger partial charge in [-0.05, 0) is 31.3 Å². The second kappa shape index (κ2) is 4.40. The van der Waals surface area contributed by atoms with Crippen LogP contribution in [0.2, 0.25) is 0 Å². The molecule has 0 aromatic heterocycles. The van der Waals surface area contributed by atoms with Crippen LogP contribution in [0.1, 0.15) is 27.2 Å². The van der Waals surface area contributed by atoms with E-state index < -0.39 is 0 Å². The van der Waals surface area contributed by atoms with Crippen molar-refractivity contribution in [2.45, 2.75) is 27.2 Å². The Bertz CT molecular complexity index is 238. The Labute approximate surface area is 80.5 Å². The van der Waals surface area contributed by atoms with Gasteiger partial charge in [0.25, 0.3) is 0 Å². The molecule has 1 heteroatoms. The Morgan fingerprint density at radius 3 is 2.69 bits per heavy atom. The molecule has 0 N–H and O–H groups in total. The van der Waals surface area contributed by atoms with Gasteiger partial charge >= 0.3 is 0 Å². The maximum absolute atomic E-state index is 11.6. The van der Waals surface area contributed by atoms with Crippen LogP contribution in [0, 0.1) is 17.8 Å². The maximum atomic E-state index is 11.6. The highest BCUT2D eigenvalue weighted by Crippen LogP contribution is 2.28. The average Bonchev–Trinajstić information content (AvgIpc) is 2.09. The molecule has 0 fully saturated rings. The van der Waals surface area contributed by atoms with Crippen molar-refractivity contribution in [2.75, 3.05) is 0 Å². The monoisotopic (exact) mass is 178 g/mol. The zero-order valence-corrected chi connectivity index (χ0v) is 8.66. The van der Waals surface area contributed by atoms with Crippen LogP contribution in [0.3, 0.4) is 0 Å². The topological polar surface area (TPSA) is 17.1 Å². The Kier molecular flexibility index (Phi) is 3.47. The summed E-state index contributed by atoms with van der Waals surface area (Å²) in [5.41, 5.74) is 0. The fourth-order valence-corrected chi connectivity index (χ4v) is 1.86. The predicted molar refractivity (Wildman–Crippen MR) is 55.4 cm³/mol. The van der Waals surface area contributed by atoms with Crippen molar-refractivity contribution < 1.29 is 4.79 Å². The van der Waals surface area contributed by atoms with E-state index in [1.807, 2.05) is 13.0 Å². The van der Waals surface area contributed by atoms with Crippen molar-refractivity contribution in [3.8, 4) is 0 Å². The van der Waals surface area contributed by atoms with Crippen LogP contribution in [0.25, 0.3) is 0 Å². The summed E-state index contributed by atoms with van der Waals surface area (Å²) in [7, 11) is 0. The molecule has 0 bridgehead atoms. The van der Waals surface area contributed by atoms with Crippen LogP contribution in [-0.2, 0) is 4.79 Å². The number of carbonyl (C=O) groups excluding carboxylic acids is 1. The van der Waals surface area contributed by atoms with Gasteiger partial charge in [-0.1, -0.05) is 32.1 Å². The van der Waals surface area contributed by atoms with E-state index in [0.29, 0.717) is 11.8 Å². The van der Waals surface area contributed by atoms with E-state index in [1.54, 1.807) is 6.08 Å². The Morgan fingerprint density at radius 2 is 2.08 bits per heavy atom. The highest BCUT2D eigenvalue weighted by atomic mass is 16.1. The highest BCUT2D eigenvalue weighted by molar-refractivity contribution is 5.92. The third-order valence-corrected chi connectivity index (χ3v) is 2.70. The van der Waals surface area contributed by atoms with E-state index in [4.69, 9.17) is 0 Å². The van der Waals surface area contributed by atoms with Crippen LogP contribution in [0.4, 0.5) is 0 Å². The fraction of sp³-hybridized carbons (Fsp3) is 0.583. The second-order valence-corrected chi connectivity index (χ2v) is 3.97. The van der Waals surface area contributed by atoms with Crippen molar-refractivity contribution in [1.29, 1.82) is 0 Å². The number of ketones is 1. The zero-order valence-electron chi connectivity index (χ0n) is 8.66. The van der Waals surface area contributed by atoms with E-state index in [0.717, 1.165) is 6.42 Å². The van der Waals surface area contributed by atoms with Crippen molar-refractivity contribution in [2.24, 2.45) is 17.8 Å². The van der Waals surface area contributed by atoms with E-state index in [-0.39, 0.29) is 11.7 Å². The maximum Gasteiger partial charge on any atom is 0.159 e. The smallest absolute Gasteiger partial charge is 0.159 e. The molecular formula is C12H18O. The summed E-state index contributed by atoms with van der Waals surface area (Å²) in [6, 6.07) is 0. The second-order valence-electron chi connectivity index (χ2n) is 3.97. The summed E-state index contributed by atoms with van der Waals surface area (Å²) in [6.07, 6.45) is 8.91. The third-order valence-electron chi connectivity index (χ3n) is 2.70. The van der Waals surface area contributed by atoms with E-state index in [1.165, 1.54) is 0 Å². The van der Waals surface area contributed by atoms with Gasteiger partial charge in [-0.3, -0.25) is 4.79 Å². The number of hydrogen-bond donors (Lipinski definition) is 0. The fourth-order valence-electron chi connectivity index (χ4n) is 1.86. The van der Waals surface area contributed by atoms with Gasteiger partial charge in [-0.2, -0.15) is 0 Å². The first-order valence-electron chi connectivity index (χ1n) is 5.00. The molecular weight excluding hydrogens is 160 g/mol. The zero-order chi connectivity index (χ0) is 9.84. The lowest BCUT2D eigenvalue weighted by atomic mass is 9.78. The van der Waals surface area contributed by atoms with Gasteiger partial charge in [0.2, 0.25) is 0 Å². The first kappa shape index (κ1) is 10.2. The van der Waals surface area contributed by atoms with Gasteiger partial charge in [0, 0.05) is 5.92 Å². The van der Waals surface area contributed by atoms with Crippen molar-refractivity contribution in [1.82, 2.24) is 0 Å². The normalized spacial score (nSPS) is 33.9. The van der Waals surface area contributed by atoms with Crippen LogP contribution in [0.5, 0.6) is 0 Å². The van der Waals surface area contributed by atoms with Gasteiger partial charge in [-0.25, -0.2) is 0 Å². The molecule has 0 amide bonds. The molecule has 0 radical (unpaired) electrons. The van der Waals surface area contributed by atoms with Crippen LogP contribution in [0.15, 0.2) is 24.3 Å². The van der Waals surface area contributed by atoms with Crippen LogP contribution >= 0.6 is 0 Å². The molecule has 72 valence electrons. The first-order chi connectivity index (χ1) is 6.15. The molecule has 3 atom stereocenters. The number of allylic oxidation sites excluding steroid dienone is 4. The molecule has 1 aliphatic rings. The Hall–Kier alpha value is -0.850. The summed E-state index contributed by atoms with van der Waals surface area (Å²) in [5, 5.41) is 0. The lowest BCUT2D eigenvalue weighted by Crippen LogP contribution is -2.24. The molecule has 0 heterocycles. The number of hydrogen-bond acceptors (Lipinski definition) is 1. The molecule has 0 saturated heterocycles. The molecule has 1 aliphatic carbocycles. The van der Waals surface area contributed by atoms with E-state index in [2.05, 4.69) is 26.0 Å². The highest BCUT2D eigenvalue weighted by Gasteiger charge is 2.25. The SMILES string of the molecule is C/C=C/C(=O)C1CC(C)C=CC1C. The first-order valence-corrected chi connectivity index (χ1v) is 5.00. The molecule has 3 unspecified atom stereocenters. The lowest BCUT2D eigenvalue weighted by molar-refractivity contribution is -0.119. The average molecular weight is 178 g/mol. The van der Waals surface area contributed by atoms with Gasteiger partial charge in [0.05, 0.1) is 0 Å². The molecule has 0 aromatic rings. The Balaban J connectivity index is 2.69. The third kappa shape index (κ3) is 2.55. The van der Waals surface area contributed by atoms with E-state index in [9.17, 15) is 4.79 Å². The van der Waals surface area contributed by atoms with Gasteiger partial charge in [0.1, 0.15) is 0 Å². The van der Waals surface area contributed by atoms with Gasteiger partial charge in [0.15, 0.2) is 5.78 Å². The summed E-state index contributed by atoms with van der Waals surface area (Å²) in [5.74, 6) is 1.44. The Morgan fingerprint density at radius 1 is 1.38 bits per heavy atom. The van der Waals surface area contributed by atoms with Crippen LogP contribution < -0.4 is 0 Å². The molecule has 0 saturated carbocycles. The van der Waals surface area contributed by atoms with Gasteiger partial charge < -0.3 is 0 Å². The standard InChI is InChI=1S/C12H18O/c1-4-5-12(13)11-8-9(2)6-7-10(11)3/h4-7,9-11H,8H2,1-3H3/b5-4+. The molecule has 1 nitrogen and oxygen atoms in total. The van der Waals surface area contributed by atoms with Crippen molar-refractivity contribution in [3.05, 3.63) is 24.3 Å². The summed E-state index contributed by atoms with van der Waals surface area (Å²) >= 11 is 0. The minimum atomic E-state index is 0.205. The molecule has 0 aromatic carbocycles. The largest absolute Gasteiger partial charge is 0.295 e. The summed E-state index contributed by atoms with van der Waals surface area (Å²) < 4.78 is 0. The number of carbonyl (C=O) groups is 1. The van der Waals surface area contributed by atoms with Crippen LogP contribution in [-0.4, -0.2) is 5.78 Å². The minimum absolute atomic E-state index is 0.205. The molecule has 13 heavy (non-hydrogen) atoms. The van der Waals surface area contributed by atoms with Crippen molar-refractivity contribution >= 4 is 5.78 Å². The molecule has 0 aliphatic heterocycles. The minimum Gasteiger partial charge on any atom is -0.295 e. The van der Waals surface area contributed by atoms with E-state index >= 15 is 0 Å². The van der Waals surface area contributed by atoms with Crippen molar-refractivity contribution in [3.63, 3.8) is 0 Å². The quantitative estimate of drug-likeness (QED) is 0.469. The summed E-state index contributed by atoms with van der Waals surface area (Å²) in [4.78, 5) is 11.6. The predicted octanol–water partition coefficient (Wildman–Crippen LogP) is 2.98. The summed E-state index contributed by atoms with van der Waals surface area (Å²) in [6.45, 7) is 6.18.